The van der Waals surface area contributed by atoms with Crippen LogP contribution in [0.1, 0.15) is 34.1 Å². The molecule has 0 radical (unpaired) electrons. The molecule has 3 rings (SSSR count). The maximum atomic E-state index is 12.0. The number of amides is 1. The standard InChI is InChI=1S/C18H20N4O2/c1-4-11-7-22-8-12(14-9(2)5-6-13(23)10(14)3)16(19)15(17(20)24)18(22)21-11/h5-8,23H,4,19H2,1-3H3,(H2,20,24). The van der Waals surface area contributed by atoms with Gasteiger partial charge in [-0.2, -0.15) is 0 Å². The molecule has 3 aromatic rings. The van der Waals surface area contributed by atoms with Gasteiger partial charge in [0.05, 0.1) is 11.4 Å². The summed E-state index contributed by atoms with van der Waals surface area (Å²) in [5.74, 6) is -0.446. The fourth-order valence-corrected chi connectivity index (χ4v) is 3.05. The number of hydrogen-bond acceptors (Lipinski definition) is 4. The highest BCUT2D eigenvalue weighted by molar-refractivity contribution is 6.07. The largest absolute Gasteiger partial charge is 0.508 e. The maximum absolute atomic E-state index is 12.0. The Morgan fingerprint density at radius 1 is 1.29 bits per heavy atom. The second-order valence-corrected chi connectivity index (χ2v) is 5.91. The molecule has 0 aliphatic heterocycles. The SMILES string of the molecule is CCc1cn2cc(-c3c(C)ccc(O)c3C)c(N)c(C(N)=O)c2n1. The van der Waals surface area contributed by atoms with Gasteiger partial charge in [0.2, 0.25) is 0 Å². The second-order valence-electron chi connectivity index (χ2n) is 5.91. The lowest BCUT2D eigenvalue weighted by Crippen LogP contribution is -2.16. The number of imidazole rings is 1. The number of carbonyl (C=O) groups excluding carboxylic acids is 1. The first-order chi connectivity index (χ1) is 11.3. The van der Waals surface area contributed by atoms with Gasteiger partial charge in [0, 0.05) is 18.0 Å². The molecule has 0 bridgehead atoms. The van der Waals surface area contributed by atoms with Crippen LogP contribution in [0, 0.1) is 13.8 Å². The zero-order valence-corrected chi connectivity index (χ0v) is 13.9. The van der Waals surface area contributed by atoms with E-state index in [0.717, 1.165) is 23.2 Å². The Hall–Kier alpha value is -3.02. The van der Waals surface area contributed by atoms with Crippen LogP contribution < -0.4 is 11.5 Å². The molecule has 1 amide bonds. The van der Waals surface area contributed by atoms with Crippen LogP contribution in [0.4, 0.5) is 5.69 Å². The van der Waals surface area contributed by atoms with Crippen LogP contribution in [0.5, 0.6) is 5.75 Å². The van der Waals surface area contributed by atoms with E-state index in [2.05, 4.69) is 4.98 Å². The number of nitrogens with zero attached hydrogens (tertiary/aromatic N) is 2. The molecule has 0 aliphatic rings. The predicted molar refractivity (Wildman–Crippen MR) is 94.1 cm³/mol. The lowest BCUT2D eigenvalue weighted by Gasteiger charge is -2.16. The monoisotopic (exact) mass is 324 g/mol. The first-order valence-electron chi connectivity index (χ1n) is 7.74. The topological polar surface area (TPSA) is 107 Å². The molecule has 6 heteroatoms. The molecule has 1 aromatic carbocycles. The van der Waals surface area contributed by atoms with Crippen molar-refractivity contribution in [1.29, 1.82) is 0 Å². The Morgan fingerprint density at radius 3 is 2.62 bits per heavy atom. The zero-order chi connectivity index (χ0) is 17.6. The summed E-state index contributed by atoms with van der Waals surface area (Å²) in [7, 11) is 0. The third kappa shape index (κ3) is 2.27. The number of anilines is 1. The van der Waals surface area contributed by atoms with Crippen molar-refractivity contribution in [3.05, 3.63) is 46.9 Å². The summed E-state index contributed by atoms with van der Waals surface area (Å²) in [5.41, 5.74) is 16.7. The first-order valence-corrected chi connectivity index (χ1v) is 7.74. The zero-order valence-electron chi connectivity index (χ0n) is 13.9. The Balaban J connectivity index is 2.44. The summed E-state index contributed by atoms with van der Waals surface area (Å²) >= 11 is 0. The highest BCUT2D eigenvalue weighted by atomic mass is 16.3. The number of hydrogen-bond donors (Lipinski definition) is 3. The molecule has 5 N–H and O–H groups in total. The molecule has 0 spiro atoms. The fraction of sp³-hybridized carbons (Fsp3) is 0.222. The third-order valence-corrected chi connectivity index (χ3v) is 4.36. The van der Waals surface area contributed by atoms with E-state index >= 15 is 0 Å². The highest BCUT2D eigenvalue weighted by Crippen LogP contribution is 2.38. The van der Waals surface area contributed by atoms with E-state index in [9.17, 15) is 9.90 Å². The van der Waals surface area contributed by atoms with Crippen molar-refractivity contribution in [3.8, 4) is 16.9 Å². The van der Waals surface area contributed by atoms with Crippen LogP contribution in [-0.4, -0.2) is 20.4 Å². The van der Waals surface area contributed by atoms with Gasteiger partial charge in [-0.05, 0) is 43.0 Å². The molecule has 124 valence electrons. The van der Waals surface area contributed by atoms with Crippen molar-refractivity contribution >= 4 is 17.2 Å². The van der Waals surface area contributed by atoms with Crippen LogP contribution in [0.25, 0.3) is 16.8 Å². The van der Waals surface area contributed by atoms with Crippen molar-refractivity contribution in [2.75, 3.05) is 5.73 Å². The van der Waals surface area contributed by atoms with E-state index < -0.39 is 5.91 Å². The van der Waals surface area contributed by atoms with Crippen molar-refractivity contribution in [3.63, 3.8) is 0 Å². The van der Waals surface area contributed by atoms with E-state index in [0.29, 0.717) is 16.8 Å². The molecule has 0 fully saturated rings. The summed E-state index contributed by atoms with van der Waals surface area (Å²) in [4.78, 5) is 16.4. The lowest BCUT2D eigenvalue weighted by atomic mass is 9.93. The van der Waals surface area contributed by atoms with Gasteiger partial charge >= 0.3 is 0 Å². The van der Waals surface area contributed by atoms with E-state index in [-0.39, 0.29) is 17.0 Å². The minimum Gasteiger partial charge on any atom is -0.508 e. The van der Waals surface area contributed by atoms with Gasteiger partial charge in [0.15, 0.2) is 5.65 Å². The van der Waals surface area contributed by atoms with E-state index in [1.54, 1.807) is 10.5 Å². The van der Waals surface area contributed by atoms with Gasteiger partial charge < -0.3 is 21.0 Å². The average molecular weight is 324 g/mol. The number of carbonyl (C=O) groups is 1. The summed E-state index contributed by atoms with van der Waals surface area (Å²) in [5, 5.41) is 10.1. The molecule has 24 heavy (non-hydrogen) atoms. The Labute approximate surface area is 139 Å². The number of primary amides is 1. The number of aryl methyl sites for hydroxylation is 2. The maximum Gasteiger partial charge on any atom is 0.254 e. The molecule has 6 nitrogen and oxygen atoms in total. The third-order valence-electron chi connectivity index (χ3n) is 4.36. The lowest BCUT2D eigenvalue weighted by molar-refractivity contribution is 0.100. The van der Waals surface area contributed by atoms with Crippen molar-refractivity contribution < 1.29 is 9.90 Å². The molecule has 0 saturated heterocycles. The Kier molecular flexibility index (Phi) is 3.67. The number of phenolic OH excluding ortho intramolecular Hbond substituents is 1. The summed E-state index contributed by atoms with van der Waals surface area (Å²) in [6.07, 6.45) is 4.43. The second kappa shape index (κ2) is 5.56. The van der Waals surface area contributed by atoms with Gasteiger partial charge in [-0.25, -0.2) is 4.98 Å². The van der Waals surface area contributed by atoms with E-state index in [1.165, 1.54) is 0 Å². The molecular formula is C18H20N4O2. The number of pyridine rings is 1. The van der Waals surface area contributed by atoms with Crippen LogP contribution in [0.3, 0.4) is 0 Å². The summed E-state index contributed by atoms with van der Waals surface area (Å²) < 4.78 is 1.77. The van der Waals surface area contributed by atoms with Crippen molar-refractivity contribution in [2.45, 2.75) is 27.2 Å². The molecular weight excluding hydrogens is 304 g/mol. The fourth-order valence-electron chi connectivity index (χ4n) is 3.05. The highest BCUT2D eigenvalue weighted by Gasteiger charge is 2.21. The number of rotatable bonds is 3. The van der Waals surface area contributed by atoms with E-state index in [1.807, 2.05) is 39.2 Å². The van der Waals surface area contributed by atoms with Gasteiger partial charge in [-0.3, -0.25) is 4.79 Å². The van der Waals surface area contributed by atoms with Crippen LogP contribution in [0.2, 0.25) is 0 Å². The molecule has 2 heterocycles. The predicted octanol–water partition coefficient (Wildman–Crippen LogP) is 2.57. The Morgan fingerprint density at radius 2 is 2.00 bits per heavy atom. The van der Waals surface area contributed by atoms with Gasteiger partial charge in [0.1, 0.15) is 11.3 Å². The average Bonchev–Trinajstić information content (AvgIpc) is 2.93. The Bertz CT molecular complexity index is 973. The van der Waals surface area contributed by atoms with Crippen molar-refractivity contribution in [2.24, 2.45) is 5.73 Å². The van der Waals surface area contributed by atoms with Crippen molar-refractivity contribution in [1.82, 2.24) is 9.38 Å². The molecule has 0 atom stereocenters. The molecule has 0 saturated carbocycles. The van der Waals surface area contributed by atoms with E-state index in [4.69, 9.17) is 11.5 Å². The van der Waals surface area contributed by atoms with Gasteiger partial charge in [-0.15, -0.1) is 0 Å². The smallest absolute Gasteiger partial charge is 0.254 e. The number of fused-ring (bicyclic) bond motifs is 1. The first kappa shape index (κ1) is 15.9. The van der Waals surface area contributed by atoms with Crippen LogP contribution in [0.15, 0.2) is 24.5 Å². The number of nitrogen functional groups attached to an aromatic ring is 1. The molecule has 0 unspecified atom stereocenters. The normalized spacial score (nSPS) is 11.1. The van der Waals surface area contributed by atoms with Gasteiger partial charge in [0.25, 0.3) is 5.91 Å². The quantitative estimate of drug-likeness (QED) is 0.688. The number of aromatic hydroxyl groups is 1. The molecule has 0 aliphatic carbocycles. The van der Waals surface area contributed by atoms with Gasteiger partial charge in [-0.1, -0.05) is 13.0 Å². The number of aromatic nitrogens is 2. The molecule has 2 aromatic heterocycles. The number of nitrogens with two attached hydrogens (primary N) is 2. The summed E-state index contributed by atoms with van der Waals surface area (Å²) in [6.45, 7) is 5.73. The minimum atomic E-state index is -0.622. The minimum absolute atomic E-state index is 0.176. The number of benzene rings is 1. The van der Waals surface area contributed by atoms with Crippen LogP contribution in [-0.2, 0) is 6.42 Å². The summed E-state index contributed by atoms with van der Waals surface area (Å²) in [6, 6.07) is 3.46. The van der Waals surface area contributed by atoms with Crippen LogP contribution >= 0.6 is 0 Å². The number of phenols is 1.